The van der Waals surface area contributed by atoms with E-state index in [4.69, 9.17) is 9.47 Å². The van der Waals surface area contributed by atoms with Crippen molar-refractivity contribution in [1.29, 1.82) is 0 Å². The van der Waals surface area contributed by atoms with Gasteiger partial charge in [0, 0.05) is 18.8 Å². The fourth-order valence-electron chi connectivity index (χ4n) is 3.46. The summed E-state index contributed by atoms with van der Waals surface area (Å²) >= 11 is 0. The smallest absolute Gasteiger partial charge is 0.337 e. The van der Waals surface area contributed by atoms with E-state index >= 15 is 0 Å². The summed E-state index contributed by atoms with van der Waals surface area (Å²) in [7, 11) is -0.817. The number of carbonyl (C=O) groups is 1. The van der Waals surface area contributed by atoms with Crippen LogP contribution in [-0.2, 0) is 22.9 Å². The van der Waals surface area contributed by atoms with E-state index in [-0.39, 0.29) is 17.0 Å². The van der Waals surface area contributed by atoms with Gasteiger partial charge >= 0.3 is 5.97 Å². The number of benzene rings is 3. The summed E-state index contributed by atoms with van der Waals surface area (Å²) in [4.78, 5) is 11.7. The number of anilines is 1. The summed E-state index contributed by atoms with van der Waals surface area (Å²) in [6.07, 6.45) is 1.13. The van der Waals surface area contributed by atoms with Gasteiger partial charge in [-0.3, -0.25) is 0 Å². The molecule has 0 radical (unpaired) electrons. The average Bonchev–Trinajstić information content (AvgIpc) is 2.84. The first-order chi connectivity index (χ1) is 16.3. The lowest BCUT2D eigenvalue weighted by atomic mass is 10.1. The molecule has 0 aliphatic rings. The van der Waals surface area contributed by atoms with Gasteiger partial charge in [-0.15, -0.1) is 0 Å². The lowest BCUT2D eigenvalue weighted by Crippen LogP contribution is -2.26. The van der Waals surface area contributed by atoms with Gasteiger partial charge in [0.15, 0.2) is 11.5 Å². The molecule has 0 amide bonds. The number of hydrogen-bond acceptors (Lipinski definition) is 6. The van der Waals surface area contributed by atoms with Crippen molar-refractivity contribution in [3.05, 3.63) is 83.4 Å². The SMILES string of the molecule is COc1ccc(CCNS(=O)(=O)c2ccc(NCCc3ccccc3)c(C(=O)O)c2)cc1OC. The first-order valence-electron chi connectivity index (χ1n) is 10.7. The molecule has 0 spiro atoms. The highest BCUT2D eigenvalue weighted by atomic mass is 32.2. The van der Waals surface area contributed by atoms with Crippen molar-refractivity contribution in [2.75, 3.05) is 32.6 Å². The molecule has 3 aromatic carbocycles. The maximum Gasteiger partial charge on any atom is 0.337 e. The fourth-order valence-corrected chi connectivity index (χ4v) is 4.51. The molecule has 0 unspecified atom stereocenters. The van der Waals surface area contributed by atoms with Gasteiger partial charge in [0.25, 0.3) is 0 Å². The Labute approximate surface area is 199 Å². The molecule has 0 atom stereocenters. The third-order valence-corrected chi connectivity index (χ3v) is 6.72. The second kappa shape index (κ2) is 11.5. The molecule has 0 saturated carbocycles. The van der Waals surface area contributed by atoms with Crippen LogP contribution in [0.1, 0.15) is 21.5 Å². The predicted octanol–water partition coefficient (Wildman–Crippen LogP) is 3.58. The van der Waals surface area contributed by atoms with E-state index in [2.05, 4.69) is 10.0 Å². The third-order valence-electron chi connectivity index (χ3n) is 5.26. The first kappa shape index (κ1) is 25.1. The lowest BCUT2D eigenvalue weighted by Gasteiger charge is -2.13. The zero-order valence-corrected chi connectivity index (χ0v) is 19.9. The molecule has 180 valence electrons. The molecular weight excluding hydrogens is 456 g/mol. The van der Waals surface area contributed by atoms with Gasteiger partial charge in [-0.25, -0.2) is 17.9 Å². The Kier molecular flexibility index (Phi) is 8.50. The molecule has 0 bridgehead atoms. The summed E-state index contributed by atoms with van der Waals surface area (Å²) in [5.74, 6) is -0.0561. The summed E-state index contributed by atoms with van der Waals surface area (Å²) in [6.45, 7) is 0.650. The van der Waals surface area contributed by atoms with Crippen LogP contribution < -0.4 is 19.5 Å². The van der Waals surface area contributed by atoms with Crippen LogP contribution in [0.15, 0.2) is 71.6 Å². The molecule has 3 N–H and O–H groups in total. The van der Waals surface area contributed by atoms with Crippen LogP contribution in [0.2, 0.25) is 0 Å². The molecule has 0 aliphatic heterocycles. The number of sulfonamides is 1. The van der Waals surface area contributed by atoms with Crippen molar-refractivity contribution in [3.8, 4) is 11.5 Å². The fraction of sp³-hybridized carbons (Fsp3) is 0.240. The molecule has 0 aliphatic carbocycles. The Hall–Kier alpha value is -3.56. The zero-order chi connectivity index (χ0) is 24.6. The van der Waals surface area contributed by atoms with Crippen LogP contribution in [0.25, 0.3) is 0 Å². The van der Waals surface area contributed by atoms with E-state index in [0.29, 0.717) is 36.6 Å². The quantitative estimate of drug-likeness (QED) is 0.360. The van der Waals surface area contributed by atoms with Crippen LogP contribution in [-0.4, -0.2) is 46.8 Å². The number of aromatic carboxylic acids is 1. The number of ether oxygens (including phenoxy) is 2. The number of hydrogen-bond donors (Lipinski definition) is 3. The molecule has 0 heterocycles. The highest BCUT2D eigenvalue weighted by molar-refractivity contribution is 7.89. The topological polar surface area (TPSA) is 114 Å². The Balaban J connectivity index is 1.65. The maximum atomic E-state index is 12.8. The molecule has 0 fully saturated rings. The second-order valence-corrected chi connectivity index (χ2v) is 9.28. The normalized spacial score (nSPS) is 11.1. The Morgan fingerprint density at radius 2 is 1.56 bits per heavy atom. The van der Waals surface area contributed by atoms with Crippen LogP contribution in [0.3, 0.4) is 0 Å². The number of nitrogens with one attached hydrogen (secondary N) is 2. The van der Waals surface area contributed by atoms with E-state index in [1.807, 2.05) is 36.4 Å². The maximum absolute atomic E-state index is 12.8. The van der Waals surface area contributed by atoms with Gasteiger partial charge in [-0.05, 0) is 54.3 Å². The van der Waals surface area contributed by atoms with Crippen molar-refractivity contribution < 1.29 is 27.8 Å². The standard InChI is InChI=1S/C25H28N2O6S/c1-32-23-11-8-19(16-24(23)33-2)13-15-27-34(30,31)20-9-10-22(21(17-20)25(28)29)26-14-12-18-6-4-3-5-7-18/h3-11,16-17,26-27H,12-15H2,1-2H3,(H,28,29). The van der Waals surface area contributed by atoms with Crippen molar-refractivity contribution in [1.82, 2.24) is 4.72 Å². The Bertz CT molecular complexity index is 1230. The molecule has 34 heavy (non-hydrogen) atoms. The van der Waals surface area contributed by atoms with E-state index in [9.17, 15) is 18.3 Å². The number of carboxylic acid groups (broad SMARTS) is 1. The van der Waals surface area contributed by atoms with Crippen molar-refractivity contribution in [2.24, 2.45) is 0 Å². The van der Waals surface area contributed by atoms with E-state index in [0.717, 1.165) is 11.1 Å². The molecule has 3 rings (SSSR count). The summed E-state index contributed by atoms with van der Waals surface area (Å²) < 4.78 is 38.5. The highest BCUT2D eigenvalue weighted by Gasteiger charge is 2.19. The van der Waals surface area contributed by atoms with Gasteiger partial charge < -0.3 is 19.9 Å². The lowest BCUT2D eigenvalue weighted by molar-refractivity contribution is 0.0697. The van der Waals surface area contributed by atoms with Crippen LogP contribution in [0.5, 0.6) is 11.5 Å². The van der Waals surface area contributed by atoms with Gasteiger partial charge in [0.05, 0.1) is 24.7 Å². The van der Waals surface area contributed by atoms with Crippen LogP contribution >= 0.6 is 0 Å². The largest absolute Gasteiger partial charge is 0.493 e. The second-order valence-electron chi connectivity index (χ2n) is 7.51. The van der Waals surface area contributed by atoms with Gasteiger partial charge in [0.1, 0.15) is 0 Å². The summed E-state index contributed by atoms with van der Waals surface area (Å²) in [5, 5.41) is 12.7. The van der Waals surface area contributed by atoms with Crippen molar-refractivity contribution in [2.45, 2.75) is 17.7 Å². The monoisotopic (exact) mass is 484 g/mol. The summed E-state index contributed by atoms with van der Waals surface area (Å²) in [6, 6.07) is 19.2. The van der Waals surface area contributed by atoms with Gasteiger partial charge in [-0.1, -0.05) is 36.4 Å². The zero-order valence-electron chi connectivity index (χ0n) is 19.1. The minimum Gasteiger partial charge on any atom is -0.493 e. The summed E-state index contributed by atoms with van der Waals surface area (Å²) in [5.41, 5.74) is 2.25. The molecular formula is C25H28N2O6S. The molecule has 0 saturated heterocycles. The Morgan fingerprint density at radius 3 is 2.24 bits per heavy atom. The molecule has 3 aromatic rings. The number of rotatable bonds is 12. The minimum atomic E-state index is -3.89. The van der Waals surface area contributed by atoms with Crippen LogP contribution in [0, 0.1) is 0 Å². The van der Waals surface area contributed by atoms with Gasteiger partial charge in [0.2, 0.25) is 10.0 Å². The molecule has 8 nitrogen and oxygen atoms in total. The number of carboxylic acids is 1. The first-order valence-corrected chi connectivity index (χ1v) is 12.2. The predicted molar refractivity (Wildman–Crippen MR) is 130 cm³/mol. The van der Waals surface area contributed by atoms with Crippen molar-refractivity contribution in [3.63, 3.8) is 0 Å². The van der Waals surface area contributed by atoms with Crippen LogP contribution in [0.4, 0.5) is 5.69 Å². The Morgan fingerprint density at radius 1 is 0.853 bits per heavy atom. The van der Waals surface area contributed by atoms with E-state index < -0.39 is 16.0 Å². The number of methoxy groups -OCH3 is 2. The highest BCUT2D eigenvalue weighted by Crippen LogP contribution is 2.27. The van der Waals surface area contributed by atoms with Crippen molar-refractivity contribution >= 4 is 21.7 Å². The molecule has 9 heteroatoms. The average molecular weight is 485 g/mol. The third kappa shape index (κ3) is 6.49. The van der Waals surface area contributed by atoms with E-state index in [1.54, 1.807) is 19.2 Å². The van der Waals surface area contributed by atoms with E-state index in [1.165, 1.54) is 25.3 Å². The minimum absolute atomic E-state index is 0.101. The molecule has 0 aromatic heterocycles. The van der Waals surface area contributed by atoms with Gasteiger partial charge in [-0.2, -0.15) is 0 Å².